The first-order valence-electron chi connectivity index (χ1n) is 15.8. The largest absolute Gasteiger partial charge is 0.465 e. The Bertz CT molecular complexity index is 1600. The third-order valence-electron chi connectivity index (χ3n) is 9.15. The second-order valence-corrected chi connectivity index (χ2v) is 12.1. The highest BCUT2D eigenvalue weighted by Gasteiger charge is 2.45. The van der Waals surface area contributed by atoms with Crippen molar-refractivity contribution in [2.45, 2.75) is 70.1 Å². The number of nitrogens with one attached hydrogen (secondary N) is 2. The molecule has 47 heavy (non-hydrogen) atoms. The maximum atomic E-state index is 13.9. The summed E-state index contributed by atoms with van der Waals surface area (Å²) in [5.74, 6) is -0.841. The SMILES string of the molecule is CCN(CC)C(=O)c1cc(C(=O)N[C@@H](Cc2ccccc2)[C@H](O)CNC2(c3cccc(C(F)(F)F)c3)CC2)n2c1CN(C(=O)O)CC2. The monoisotopic (exact) mass is 655 g/mol. The maximum Gasteiger partial charge on any atom is 0.416 e. The Kier molecular flexibility index (Phi) is 9.97. The average Bonchev–Trinajstić information content (AvgIpc) is 3.76. The van der Waals surface area contributed by atoms with Crippen LogP contribution in [0.5, 0.6) is 0 Å². The zero-order valence-corrected chi connectivity index (χ0v) is 26.4. The first-order chi connectivity index (χ1) is 22.4. The van der Waals surface area contributed by atoms with E-state index in [4.69, 9.17) is 0 Å². The molecule has 2 aromatic carbocycles. The molecule has 2 aliphatic rings. The van der Waals surface area contributed by atoms with E-state index >= 15 is 0 Å². The number of rotatable bonds is 12. The molecule has 2 atom stereocenters. The van der Waals surface area contributed by atoms with Gasteiger partial charge in [-0.2, -0.15) is 13.2 Å². The van der Waals surface area contributed by atoms with Crippen LogP contribution >= 0.6 is 0 Å². The van der Waals surface area contributed by atoms with Crippen LogP contribution < -0.4 is 10.6 Å². The number of alkyl halides is 3. The van der Waals surface area contributed by atoms with Crippen molar-refractivity contribution in [1.29, 1.82) is 0 Å². The molecular weight excluding hydrogens is 615 g/mol. The first kappa shape index (κ1) is 34.0. The number of hydrogen-bond acceptors (Lipinski definition) is 5. The number of aliphatic hydroxyl groups excluding tert-OH is 1. The molecule has 1 saturated carbocycles. The molecular formula is C34H40F3N5O5. The van der Waals surface area contributed by atoms with Crippen LogP contribution in [-0.2, 0) is 31.2 Å². The normalized spacial score (nSPS) is 16.6. The number of carboxylic acid groups (broad SMARTS) is 1. The fourth-order valence-electron chi connectivity index (χ4n) is 6.23. The summed E-state index contributed by atoms with van der Waals surface area (Å²) < 4.78 is 41.9. The first-order valence-corrected chi connectivity index (χ1v) is 15.8. The highest BCUT2D eigenvalue weighted by molar-refractivity contribution is 6.01. The fraction of sp³-hybridized carbons (Fsp3) is 0.441. The summed E-state index contributed by atoms with van der Waals surface area (Å²) in [4.78, 5) is 41.9. The van der Waals surface area contributed by atoms with Gasteiger partial charge in [-0.3, -0.25) is 9.59 Å². The summed E-state index contributed by atoms with van der Waals surface area (Å²) in [5, 5.41) is 27.3. The third-order valence-corrected chi connectivity index (χ3v) is 9.15. The highest BCUT2D eigenvalue weighted by atomic mass is 19.4. The van der Waals surface area contributed by atoms with Gasteiger partial charge in [-0.25, -0.2) is 4.79 Å². The number of aliphatic hydroxyl groups is 1. The van der Waals surface area contributed by atoms with E-state index in [9.17, 15) is 37.8 Å². The summed E-state index contributed by atoms with van der Waals surface area (Å²) in [6.45, 7) is 4.79. The Labute approximate surface area is 271 Å². The van der Waals surface area contributed by atoms with Gasteiger partial charge in [0, 0.05) is 38.3 Å². The highest BCUT2D eigenvalue weighted by Crippen LogP contribution is 2.46. The van der Waals surface area contributed by atoms with Crippen LogP contribution in [-0.4, -0.2) is 80.8 Å². The Morgan fingerprint density at radius 1 is 1.00 bits per heavy atom. The second kappa shape index (κ2) is 13.8. The van der Waals surface area contributed by atoms with Crippen molar-refractivity contribution in [3.05, 3.63) is 94.3 Å². The lowest BCUT2D eigenvalue weighted by atomic mass is 9.98. The molecule has 3 aromatic rings. The molecule has 0 saturated heterocycles. The number of hydrogen-bond donors (Lipinski definition) is 4. The molecule has 1 fully saturated rings. The Balaban J connectivity index is 1.39. The van der Waals surface area contributed by atoms with Crippen LogP contribution in [0.25, 0.3) is 0 Å². The lowest BCUT2D eigenvalue weighted by molar-refractivity contribution is -0.137. The van der Waals surface area contributed by atoms with Crippen LogP contribution in [0.2, 0.25) is 0 Å². The van der Waals surface area contributed by atoms with Gasteiger partial charge in [0.25, 0.3) is 11.8 Å². The van der Waals surface area contributed by atoms with E-state index in [2.05, 4.69) is 10.6 Å². The van der Waals surface area contributed by atoms with Gasteiger partial charge in [0.1, 0.15) is 5.69 Å². The molecule has 13 heteroatoms. The van der Waals surface area contributed by atoms with Crippen molar-refractivity contribution in [3.8, 4) is 0 Å². The summed E-state index contributed by atoms with van der Waals surface area (Å²) in [5.41, 5.74) is 0.758. The standard InChI is InChI=1S/C34H40F3N5O5/c1-3-40(4-2)31(45)25-19-27(42-16-15-41(32(46)47)21-28(25)42)30(44)39-26(17-22-9-6-5-7-10-22)29(43)20-38-33(13-14-33)23-11-8-12-24(18-23)34(35,36)37/h5-12,18-19,26,29,38,43H,3-4,13-17,20-21H2,1-2H3,(H,39,44)(H,46,47)/t26-,29+/m0/s1. The summed E-state index contributed by atoms with van der Waals surface area (Å²) in [6, 6.07) is 15.1. The smallest absolute Gasteiger partial charge is 0.416 e. The van der Waals surface area contributed by atoms with Crippen LogP contribution in [0, 0.1) is 0 Å². The molecule has 0 unspecified atom stereocenters. The van der Waals surface area contributed by atoms with Crippen LogP contribution in [0.3, 0.4) is 0 Å². The molecule has 1 aromatic heterocycles. The van der Waals surface area contributed by atoms with Crippen molar-refractivity contribution in [3.63, 3.8) is 0 Å². The molecule has 0 radical (unpaired) electrons. The van der Waals surface area contributed by atoms with E-state index in [1.165, 1.54) is 17.0 Å². The third kappa shape index (κ3) is 7.46. The maximum absolute atomic E-state index is 13.9. The number of halogens is 3. The van der Waals surface area contributed by atoms with Gasteiger partial charge in [0.05, 0.1) is 35.5 Å². The van der Waals surface area contributed by atoms with Gasteiger partial charge in [-0.15, -0.1) is 0 Å². The number of nitrogens with zero attached hydrogens (tertiary/aromatic N) is 3. The topological polar surface area (TPSA) is 127 Å². The zero-order chi connectivity index (χ0) is 33.9. The molecule has 0 spiro atoms. The predicted octanol–water partition coefficient (Wildman–Crippen LogP) is 4.46. The van der Waals surface area contributed by atoms with Gasteiger partial charge in [0.2, 0.25) is 0 Å². The Morgan fingerprint density at radius 3 is 2.32 bits per heavy atom. The minimum Gasteiger partial charge on any atom is -0.465 e. The molecule has 0 bridgehead atoms. The predicted molar refractivity (Wildman–Crippen MR) is 168 cm³/mol. The molecule has 5 rings (SSSR count). The van der Waals surface area contributed by atoms with Crippen molar-refractivity contribution >= 4 is 17.9 Å². The molecule has 252 valence electrons. The van der Waals surface area contributed by atoms with E-state index < -0.39 is 41.4 Å². The Morgan fingerprint density at radius 2 is 1.70 bits per heavy atom. The van der Waals surface area contributed by atoms with Gasteiger partial charge in [-0.05, 0) is 62.4 Å². The summed E-state index contributed by atoms with van der Waals surface area (Å²) in [7, 11) is 0. The van der Waals surface area contributed by atoms with Crippen LogP contribution in [0.4, 0.5) is 18.0 Å². The number of aromatic nitrogens is 1. The average molecular weight is 656 g/mol. The number of fused-ring (bicyclic) bond motifs is 1. The summed E-state index contributed by atoms with van der Waals surface area (Å²) in [6.07, 6.45) is -5.26. The van der Waals surface area contributed by atoms with Crippen molar-refractivity contribution < 1.29 is 37.8 Å². The molecule has 2 heterocycles. The van der Waals surface area contributed by atoms with Crippen molar-refractivity contribution in [1.82, 2.24) is 25.0 Å². The van der Waals surface area contributed by atoms with Gasteiger partial charge in [-0.1, -0.05) is 42.5 Å². The number of benzene rings is 2. The van der Waals surface area contributed by atoms with E-state index in [0.717, 1.165) is 17.7 Å². The molecule has 3 amide bonds. The fourth-order valence-corrected chi connectivity index (χ4v) is 6.23. The molecule has 4 N–H and O–H groups in total. The lowest BCUT2D eigenvalue weighted by Gasteiger charge is -2.29. The summed E-state index contributed by atoms with van der Waals surface area (Å²) >= 11 is 0. The van der Waals surface area contributed by atoms with Gasteiger partial charge in [0.15, 0.2) is 0 Å². The van der Waals surface area contributed by atoms with Crippen LogP contribution in [0.1, 0.15) is 69.9 Å². The van der Waals surface area contributed by atoms with Crippen molar-refractivity contribution in [2.75, 3.05) is 26.2 Å². The second-order valence-electron chi connectivity index (χ2n) is 12.1. The quantitative estimate of drug-likeness (QED) is 0.228. The zero-order valence-electron chi connectivity index (χ0n) is 26.4. The molecule has 1 aliphatic carbocycles. The minimum absolute atomic E-state index is 0.000441. The van der Waals surface area contributed by atoms with E-state index in [-0.39, 0.29) is 49.8 Å². The van der Waals surface area contributed by atoms with Gasteiger partial charge >= 0.3 is 12.3 Å². The van der Waals surface area contributed by atoms with Gasteiger partial charge < -0.3 is 35.2 Å². The number of carbonyl (C=O) groups excluding carboxylic acids is 2. The molecule has 1 aliphatic heterocycles. The lowest BCUT2D eigenvalue weighted by Crippen LogP contribution is -2.50. The van der Waals surface area contributed by atoms with E-state index in [0.29, 0.717) is 37.2 Å². The van der Waals surface area contributed by atoms with Crippen molar-refractivity contribution in [2.24, 2.45) is 0 Å². The van der Waals surface area contributed by atoms with Crippen LogP contribution in [0.15, 0.2) is 60.7 Å². The molecule has 10 nitrogen and oxygen atoms in total. The number of carbonyl (C=O) groups is 3. The van der Waals surface area contributed by atoms with E-state index in [1.54, 1.807) is 15.5 Å². The van der Waals surface area contributed by atoms with E-state index in [1.807, 2.05) is 44.2 Å². The number of amides is 3. The Hall–Kier alpha value is -4.36. The minimum atomic E-state index is -4.48.